The lowest BCUT2D eigenvalue weighted by molar-refractivity contribution is 0.823. The Hall–Kier alpha value is -1.44. The lowest BCUT2D eigenvalue weighted by atomic mass is 10.00. The smallest absolute Gasteiger partial charge is 0.0514 e. The van der Waals surface area contributed by atoms with Gasteiger partial charge in [0.25, 0.3) is 0 Å². The van der Waals surface area contributed by atoms with Crippen molar-refractivity contribution in [2.45, 2.75) is 27.3 Å². The number of hydrogen-bond acceptors (Lipinski definition) is 0. The van der Waals surface area contributed by atoms with E-state index in [4.69, 9.17) is 23.2 Å². The van der Waals surface area contributed by atoms with Crippen LogP contribution in [0.5, 0.6) is 0 Å². The Morgan fingerprint density at radius 3 is 2.29 bits per heavy atom. The van der Waals surface area contributed by atoms with Crippen LogP contribution in [0.4, 0.5) is 0 Å². The van der Waals surface area contributed by atoms with Crippen LogP contribution >= 0.6 is 23.2 Å². The summed E-state index contributed by atoms with van der Waals surface area (Å²) in [5.74, 6) is 0. The minimum absolute atomic E-state index is 0.671. The van der Waals surface area contributed by atoms with Gasteiger partial charge in [0, 0.05) is 23.2 Å². The number of halogens is 2. The highest BCUT2D eigenvalue weighted by atomic mass is 35.5. The first-order chi connectivity index (χ1) is 9.95. The molecular weight excluding hydrogens is 301 g/mol. The number of rotatable bonds is 2. The maximum absolute atomic E-state index is 6.26. The molecule has 21 heavy (non-hydrogen) atoms. The number of aryl methyl sites for hydroxylation is 3. The largest absolute Gasteiger partial charge is 0.343 e. The Bertz CT molecular complexity index is 808. The zero-order valence-corrected chi connectivity index (χ0v) is 13.9. The van der Waals surface area contributed by atoms with Crippen LogP contribution in [-0.2, 0) is 6.54 Å². The van der Waals surface area contributed by atoms with Crippen LogP contribution in [0.15, 0.2) is 36.5 Å². The molecule has 3 heteroatoms. The summed E-state index contributed by atoms with van der Waals surface area (Å²) >= 11 is 12.4. The van der Waals surface area contributed by atoms with Crippen LogP contribution < -0.4 is 0 Å². The van der Waals surface area contributed by atoms with Crippen LogP contribution in [0.1, 0.15) is 22.3 Å². The van der Waals surface area contributed by atoms with Crippen molar-refractivity contribution in [2.24, 2.45) is 0 Å². The third-order valence-corrected chi connectivity index (χ3v) is 4.50. The minimum atomic E-state index is 0.671. The van der Waals surface area contributed by atoms with Gasteiger partial charge in [-0.05, 0) is 55.7 Å². The Morgan fingerprint density at radius 2 is 1.62 bits per heavy atom. The Balaban J connectivity index is 2.11. The van der Waals surface area contributed by atoms with Gasteiger partial charge in [0.1, 0.15) is 0 Å². The fraction of sp³-hybridized carbons (Fsp3) is 0.222. The topological polar surface area (TPSA) is 4.93 Å². The van der Waals surface area contributed by atoms with Crippen molar-refractivity contribution in [1.29, 1.82) is 0 Å². The van der Waals surface area contributed by atoms with E-state index in [0.717, 1.165) is 17.4 Å². The lowest BCUT2D eigenvalue weighted by Gasteiger charge is -2.13. The second-order valence-corrected chi connectivity index (χ2v) is 6.48. The van der Waals surface area contributed by atoms with Gasteiger partial charge in [0.15, 0.2) is 0 Å². The summed E-state index contributed by atoms with van der Waals surface area (Å²) in [7, 11) is 0. The molecule has 0 N–H and O–H groups in total. The van der Waals surface area contributed by atoms with E-state index in [1.165, 1.54) is 22.3 Å². The van der Waals surface area contributed by atoms with Crippen LogP contribution in [-0.4, -0.2) is 4.57 Å². The number of hydrogen-bond donors (Lipinski definition) is 0. The molecule has 1 nitrogen and oxygen atoms in total. The van der Waals surface area contributed by atoms with Gasteiger partial charge in [0.05, 0.1) is 10.5 Å². The molecule has 3 aromatic rings. The van der Waals surface area contributed by atoms with E-state index in [1.807, 2.05) is 12.1 Å². The highest BCUT2D eigenvalue weighted by Gasteiger charge is 2.09. The third-order valence-electron chi connectivity index (χ3n) is 3.97. The molecular formula is C18H17Cl2N. The van der Waals surface area contributed by atoms with Gasteiger partial charge >= 0.3 is 0 Å². The second kappa shape index (κ2) is 5.40. The van der Waals surface area contributed by atoms with E-state index in [2.05, 4.69) is 43.7 Å². The Kier molecular flexibility index (Phi) is 3.73. The molecule has 0 spiro atoms. The predicted octanol–water partition coefficient (Wildman–Crippen LogP) is 5.92. The van der Waals surface area contributed by atoms with E-state index < -0.39 is 0 Å². The van der Waals surface area contributed by atoms with Crippen molar-refractivity contribution in [1.82, 2.24) is 4.57 Å². The molecule has 0 unspecified atom stereocenters. The van der Waals surface area contributed by atoms with Crippen LogP contribution in [0.3, 0.4) is 0 Å². The fourth-order valence-corrected chi connectivity index (χ4v) is 3.53. The Morgan fingerprint density at radius 1 is 0.952 bits per heavy atom. The molecule has 0 aliphatic rings. The zero-order chi connectivity index (χ0) is 15.1. The maximum atomic E-state index is 6.26. The summed E-state index contributed by atoms with van der Waals surface area (Å²) < 4.78 is 2.21. The molecule has 1 aromatic heterocycles. The summed E-state index contributed by atoms with van der Waals surface area (Å²) in [5.41, 5.74) is 6.38. The van der Waals surface area contributed by atoms with E-state index in [1.54, 1.807) is 6.07 Å². The van der Waals surface area contributed by atoms with Gasteiger partial charge in [-0.2, -0.15) is 0 Å². The molecule has 0 atom stereocenters. The Labute approximate surface area is 135 Å². The lowest BCUT2D eigenvalue weighted by Crippen LogP contribution is -2.03. The van der Waals surface area contributed by atoms with E-state index in [0.29, 0.717) is 10.0 Å². The SMILES string of the molecule is Cc1cc(C)c(Cn2ccc3c(Cl)cc(Cl)cc32)c(C)c1. The summed E-state index contributed by atoms with van der Waals surface area (Å²) in [6.45, 7) is 7.30. The maximum Gasteiger partial charge on any atom is 0.0514 e. The van der Waals surface area contributed by atoms with Gasteiger partial charge in [0.2, 0.25) is 0 Å². The molecule has 108 valence electrons. The normalized spacial score (nSPS) is 11.3. The second-order valence-electron chi connectivity index (χ2n) is 5.64. The molecule has 3 rings (SSSR count). The molecule has 0 amide bonds. The standard InChI is InChI=1S/C18H17Cl2N/c1-11-6-12(2)16(13(3)7-11)10-21-5-4-15-17(20)8-14(19)9-18(15)21/h4-9H,10H2,1-3H3. The van der Waals surface area contributed by atoms with E-state index >= 15 is 0 Å². The van der Waals surface area contributed by atoms with E-state index in [9.17, 15) is 0 Å². The number of fused-ring (bicyclic) bond motifs is 1. The van der Waals surface area contributed by atoms with Crippen molar-refractivity contribution < 1.29 is 0 Å². The average Bonchev–Trinajstić information content (AvgIpc) is 2.77. The van der Waals surface area contributed by atoms with E-state index in [-0.39, 0.29) is 0 Å². The molecule has 0 bridgehead atoms. The first-order valence-corrected chi connectivity index (χ1v) is 7.72. The molecule has 1 heterocycles. The van der Waals surface area contributed by atoms with Crippen LogP contribution in [0.2, 0.25) is 10.0 Å². The summed E-state index contributed by atoms with van der Waals surface area (Å²) in [5, 5.41) is 2.42. The summed E-state index contributed by atoms with van der Waals surface area (Å²) in [4.78, 5) is 0. The fourth-order valence-electron chi connectivity index (χ4n) is 2.99. The first kappa shape index (κ1) is 14.5. The van der Waals surface area contributed by atoms with Gasteiger partial charge in [-0.25, -0.2) is 0 Å². The number of benzene rings is 2. The third kappa shape index (κ3) is 2.68. The zero-order valence-electron chi connectivity index (χ0n) is 12.4. The molecule has 0 fully saturated rings. The van der Waals surface area contributed by atoms with Crippen molar-refractivity contribution in [3.63, 3.8) is 0 Å². The highest BCUT2D eigenvalue weighted by molar-refractivity contribution is 6.38. The van der Waals surface area contributed by atoms with Crippen molar-refractivity contribution in [2.75, 3.05) is 0 Å². The summed E-state index contributed by atoms with van der Waals surface area (Å²) in [6, 6.07) is 10.3. The minimum Gasteiger partial charge on any atom is -0.343 e. The molecule has 0 aliphatic carbocycles. The predicted molar refractivity (Wildman–Crippen MR) is 91.7 cm³/mol. The number of nitrogens with zero attached hydrogens (tertiary/aromatic N) is 1. The highest BCUT2D eigenvalue weighted by Crippen LogP contribution is 2.30. The molecule has 0 saturated heterocycles. The van der Waals surface area contributed by atoms with Crippen LogP contribution in [0, 0.1) is 20.8 Å². The first-order valence-electron chi connectivity index (χ1n) is 6.96. The van der Waals surface area contributed by atoms with Gasteiger partial charge in [-0.3, -0.25) is 0 Å². The molecule has 0 aliphatic heterocycles. The van der Waals surface area contributed by atoms with Gasteiger partial charge < -0.3 is 4.57 Å². The summed E-state index contributed by atoms with van der Waals surface area (Å²) in [6.07, 6.45) is 2.08. The van der Waals surface area contributed by atoms with Crippen LogP contribution in [0.25, 0.3) is 10.9 Å². The molecule has 2 aromatic carbocycles. The molecule has 0 saturated carbocycles. The van der Waals surface area contributed by atoms with Gasteiger partial charge in [-0.15, -0.1) is 0 Å². The quantitative estimate of drug-likeness (QED) is 0.552. The monoisotopic (exact) mass is 317 g/mol. The van der Waals surface area contributed by atoms with Gasteiger partial charge in [-0.1, -0.05) is 40.9 Å². The average molecular weight is 318 g/mol. The van der Waals surface area contributed by atoms with Crippen molar-refractivity contribution in [3.8, 4) is 0 Å². The number of aromatic nitrogens is 1. The molecule has 0 radical (unpaired) electrons. The van der Waals surface area contributed by atoms with Crippen molar-refractivity contribution >= 4 is 34.1 Å². The van der Waals surface area contributed by atoms with Crippen molar-refractivity contribution in [3.05, 3.63) is 68.8 Å².